The van der Waals surface area contributed by atoms with Crippen LogP contribution in [0.15, 0.2) is 72.8 Å². The molecule has 1 N–H and O–H groups in total. The molecule has 3 aromatic rings. The largest absolute Gasteiger partial charge is 1.00 e. The van der Waals surface area contributed by atoms with Crippen LogP contribution in [0, 0.1) is 0 Å². The van der Waals surface area contributed by atoms with Gasteiger partial charge in [0.25, 0.3) is 0 Å². The molecule has 0 bridgehead atoms. The van der Waals surface area contributed by atoms with Crippen LogP contribution in [0.4, 0.5) is 0 Å². The molecule has 158 valence electrons. The van der Waals surface area contributed by atoms with E-state index in [4.69, 9.17) is 4.74 Å². The SMILES string of the molecule is COc1ccc2c(c1O)C[C@@H](C(=O)[O-])N(C(=O)C(c1ccccc1)c1ccccc1)C2.[Na+]. The van der Waals surface area contributed by atoms with Crippen LogP contribution in [0.3, 0.4) is 0 Å². The number of ether oxygens (including phenoxy) is 1. The van der Waals surface area contributed by atoms with E-state index >= 15 is 0 Å². The fourth-order valence-corrected chi connectivity index (χ4v) is 4.17. The molecule has 0 aromatic heterocycles. The van der Waals surface area contributed by atoms with Crippen molar-refractivity contribution in [1.82, 2.24) is 4.90 Å². The average molecular weight is 439 g/mol. The summed E-state index contributed by atoms with van der Waals surface area (Å²) in [5, 5.41) is 22.5. The van der Waals surface area contributed by atoms with Gasteiger partial charge in [0.1, 0.15) is 0 Å². The van der Waals surface area contributed by atoms with Gasteiger partial charge in [-0.05, 0) is 22.8 Å². The van der Waals surface area contributed by atoms with E-state index in [1.807, 2.05) is 60.7 Å². The zero-order chi connectivity index (χ0) is 22.0. The molecule has 4 rings (SSSR count). The van der Waals surface area contributed by atoms with Crippen molar-refractivity contribution in [3.05, 3.63) is 95.1 Å². The van der Waals surface area contributed by atoms with Gasteiger partial charge in [-0.2, -0.15) is 0 Å². The molecule has 0 fully saturated rings. The van der Waals surface area contributed by atoms with Crippen LogP contribution >= 0.6 is 0 Å². The summed E-state index contributed by atoms with van der Waals surface area (Å²) in [5.41, 5.74) is 2.70. The number of hydrogen-bond donors (Lipinski definition) is 1. The molecule has 0 saturated carbocycles. The summed E-state index contributed by atoms with van der Waals surface area (Å²) in [6.45, 7) is 0.0561. The van der Waals surface area contributed by atoms with Gasteiger partial charge in [0.2, 0.25) is 5.91 Å². The van der Waals surface area contributed by atoms with Gasteiger partial charge in [0.05, 0.1) is 25.0 Å². The number of fused-ring (bicyclic) bond motifs is 1. The second kappa shape index (κ2) is 10.2. The summed E-state index contributed by atoms with van der Waals surface area (Å²) in [5.74, 6) is -2.17. The summed E-state index contributed by atoms with van der Waals surface area (Å²) < 4.78 is 5.14. The van der Waals surface area contributed by atoms with Crippen LogP contribution in [0.2, 0.25) is 0 Å². The number of hydrogen-bond acceptors (Lipinski definition) is 5. The molecule has 1 aliphatic rings. The van der Waals surface area contributed by atoms with Crippen LogP contribution in [0.1, 0.15) is 28.2 Å². The Balaban J connectivity index is 0.00000289. The number of nitrogens with zero attached hydrogens (tertiary/aromatic N) is 1. The Hall–Kier alpha value is -2.80. The predicted molar refractivity (Wildman–Crippen MR) is 112 cm³/mol. The van der Waals surface area contributed by atoms with Crippen molar-refractivity contribution >= 4 is 11.9 Å². The molecule has 0 aliphatic carbocycles. The Morgan fingerprint density at radius 1 is 1.00 bits per heavy atom. The molecular weight excluding hydrogens is 417 g/mol. The quantitative estimate of drug-likeness (QED) is 0.528. The zero-order valence-electron chi connectivity index (χ0n) is 18.0. The van der Waals surface area contributed by atoms with Gasteiger partial charge in [0.15, 0.2) is 11.5 Å². The number of phenols is 1. The van der Waals surface area contributed by atoms with Crippen LogP contribution < -0.4 is 39.4 Å². The van der Waals surface area contributed by atoms with E-state index in [2.05, 4.69) is 0 Å². The Morgan fingerprint density at radius 2 is 1.56 bits per heavy atom. The number of aliphatic carboxylic acids is 1. The minimum Gasteiger partial charge on any atom is -0.548 e. The second-order valence-electron chi connectivity index (χ2n) is 7.51. The number of carboxylic acids is 1. The molecular formula is C25H22NNaO5. The second-order valence-corrected chi connectivity index (χ2v) is 7.51. The van der Waals surface area contributed by atoms with E-state index in [1.54, 1.807) is 12.1 Å². The number of carbonyl (C=O) groups excluding carboxylic acids is 2. The fraction of sp³-hybridized carbons (Fsp3) is 0.200. The molecule has 7 heteroatoms. The number of phenolic OH excluding ortho intramolecular Hbond substituents is 1. The number of carbonyl (C=O) groups is 2. The molecule has 1 heterocycles. The number of aromatic hydroxyl groups is 1. The Labute approximate surface area is 208 Å². The smallest absolute Gasteiger partial charge is 0.548 e. The molecule has 1 amide bonds. The van der Waals surface area contributed by atoms with Gasteiger partial charge in [-0.25, -0.2) is 0 Å². The summed E-state index contributed by atoms with van der Waals surface area (Å²) >= 11 is 0. The Bertz CT molecular complexity index is 1060. The molecule has 1 aliphatic heterocycles. The van der Waals surface area contributed by atoms with E-state index < -0.39 is 17.9 Å². The molecule has 3 aromatic carbocycles. The van der Waals surface area contributed by atoms with Crippen molar-refractivity contribution in [3.8, 4) is 11.5 Å². The first-order valence-corrected chi connectivity index (χ1v) is 10.00. The van der Waals surface area contributed by atoms with Gasteiger partial charge in [-0.1, -0.05) is 66.7 Å². The van der Waals surface area contributed by atoms with Crippen molar-refractivity contribution in [3.63, 3.8) is 0 Å². The van der Waals surface area contributed by atoms with Gasteiger partial charge >= 0.3 is 29.6 Å². The molecule has 0 radical (unpaired) electrons. The number of rotatable bonds is 5. The maximum atomic E-state index is 13.8. The third-order valence-corrected chi connectivity index (χ3v) is 5.74. The predicted octanol–water partition coefficient (Wildman–Crippen LogP) is -0.760. The fourth-order valence-electron chi connectivity index (χ4n) is 4.17. The zero-order valence-corrected chi connectivity index (χ0v) is 20.0. The normalized spacial score (nSPS) is 14.9. The van der Waals surface area contributed by atoms with Crippen molar-refractivity contribution in [2.75, 3.05) is 7.11 Å². The number of benzene rings is 3. The maximum absolute atomic E-state index is 13.8. The van der Waals surface area contributed by atoms with Crippen molar-refractivity contribution in [1.29, 1.82) is 0 Å². The third kappa shape index (κ3) is 4.53. The van der Waals surface area contributed by atoms with Crippen LogP contribution in [0.25, 0.3) is 0 Å². The minimum atomic E-state index is -1.36. The third-order valence-electron chi connectivity index (χ3n) is 5.74. The number of carboxylic acid groups (broad SMARTS) is 1. The van der Waals surface area contributed by atoms with E-state index in [-0.39, 0.29) is 59.9 Å². The number of methoxy groups -OCH3 is 1. The first-order chi connectivity index (χ1) is 15.0. The molecule has 1 atom stereocenters. The monoisotopic (exact) mass is 439 g/mol. The molecule has 0 saturated heterocycles. The maximum Gasteiger partial charge on any atom is 1.00 e. The standard InChI is InChI=1S/C25H23NO5.Na/c1-31-21-13-12-18-15-26(20(25(29)30)14-19(18)23(21)27)24(28)22(16-8-4-2-5-9-16)17-10-6-3-7-11-17;/h2-13,20,22,27H,14-15H2,1H3,(H,29,30);/q;+1/p-1/t20-;/m0./s1. The van der Waals surface area contributed by atoms with E-state index in [0.29, 0.717) is 11.1 Å². The summed E-state index contributed by atoms with van der Waals surface area (Å²) in [4.78, 5) is 27.1. The Kier molecular flexibility index (Phi) is 7.61. The number of amides is 1. The van der Waals surface area contributed by atoms with Gasteiger partial charge in [-0.15, -0.1) is 0 Å². The van der Waals surface area contributed by atoms with Gasteiger partial charge in [0, 0.05) is 18.5 Å². The van der Waals surface area contributed by atoms with Crippen molar-refractivity contribution in [2.24, 2.45) is 0 Å². The first kappa shape index (κ1) is 23.9. The van der Waals surface area contributed by atoms with Crippen LogP contribution in [-0.4, -0.2) is 35.0 Å². The molecule has 0 unspecified atom stereocenters. The molecule has 6 nitrogen and oxygen atoms in total. The van der Waals surface area contributed by atoms with Crippen LogP contribution in [-0.2, 0) is 22.6 Å². The molecule has 32 heavy (non-hydrogen) atoms. The van der Waals surface area contributed by atoms with Gasteiger partial charge < -0.3 is 24.6 Å². The minimum absolute atomic E-state index is 0. The topological polar surface area (TPSA) is 89.9 Å². The summed E-state index contributed by atoms with van der Waals surface area (Å²) in [7, 11) is 1.43. The Morgan fingerprint density at radius 3 is 2.06 bits per heavy atom. The van der Waals surface area contributed by atoms with Gasteiger partial charge in [-0.3, -0.25) is 4.79 Å². The van der Waals surface area contributed by atoms with E-state index in [0.717, 1.165) is 11.1 Å². The first-order valence-electron chi connectivity index (χ1n) is 10.00. The average Bonchev–Trinajstić information content (AvgIpc) is 2.80. The van der Waals surface area contributed by atoms with Crippen molar-refractivity contribution < 1.29 is 54.1 Å². The van der Waals surface area contributed by atoms with E-state index in [1.165, 1.54) is 12.0 Å². The van der Waals surface area contributed by atoms with Crippen LogP contribution in [0.5, 0.6) is 11.5 Å². The summed E-state index contributed by atoms with van der Waals surface area (Å²) in [6, 6.07) is 20.7. The van der Waals surface area contributed by atoms with Crippen molar-refractivity contribution in [2.45, 2.75) is 24.9 Å². The summed E-state index contributed by atoms with van der Waals surface area (Å²) in [6.07, 6.45) is -0.0528. The van der Waals surface area contributed by atoms with E-state index in [9.17, 15) is 19.8 Å². The molecule has 0 spiro atoms.